The van der Waals surface area contributed by atoms with Gasteiger partial charge < -0.3 is 10.3 Å². The number of hydrogen-bond donors (Lipinski definition) is 2. The van der Waals surface area contributed by atoms with Crippen molar-refractivity contribution in [2.45, 2.75) is 11.8 Å². The van der Waals surface area contributed by atoms with Gasteiger partial charge in [-0.15, -0.1) is 54.6 Å². The van der Waals surface area contributed by atoms with Crippen molar-refractivity contribution in [3.8, 4) is 5.69 Å². The molecule has 0 amide bonds. The van der Waals surface area contributed by atoms with E-state index in [2.05, 4.69) is 37.7 Å². The molecule has 5 aromatic rings. The van der Waals surface area contributed by atoms with Crippen molar-refractivity contribution in [3.05, 3.63) is 123 Å². The van der Waals surface area contributed by atoms with E-state index in [1.54, 1.807) is 55.5 Å². The van der Waals surface area contributed by atoms with Crippen molar-refractivity contribution in [2.24, 2.45) is 20.5 Å². The smallest absolute Gasteiger partial charge is 0.744 e. The third-order valence-corrected chi connectivity index (χ3v) is 7.00. The normalized spacial score (nSPS) is 10.0. The van der Waals surface area contributed by atoms with E-state index >= 15 is 0 Å². The molecule has 25 heteroatoms. The second-order valence-electron chi connectivity index (χ2n) is 8.83. The Morgan fingerprint density at radius 1 is 0.717 bits per heavy atom. The molecule has 0 unspecified atom stereocenters. The molecular formula is C28H20Cl2N7Na3O10S3. The SMILES string of the molecule is Cc1[nH]n(-c2cc(Cl)c(S(=O)(=O)[O-])cc2Cl)c(=O)c1N=Nc1cc[c-]cc1.Nc1ccc(N=Nc2cc[c-]cc2)cc1.O=S(=O)=O.O=S(=O)=O.[Na+].[Na+].[Na+]. The summed E-state index contributed by atoms with van der Waals surface area (Å²) in [5.41, 5.74) is 8.35. The van der Waals surface area contributed by atoms with Crippen molar-refractivity contribution in [2.75, 3.05) is 5.73 Å². The van der Waals surface area contributed by atoms with E-state index in [1.807, 2.05) is 24.3 Å². The average molecular weight is 851 g/mol. The first-order valence-electron chi connectivity index (χ1n) is 12.9. The fraction of sp³-hybridized carbons (Fsp3) is 0.0357. The number of hydrogen-bond acceptors (Lipinski definition) is 15. The second-order valence-corrected chi connectivity index (χ2v) is 11.8. The standard InChI is InChI=1S/C16H11Cl2N4O4S.C12H10N3.3Na.2O3S/c1-9-15(20-19-10-5-3-2-4-6-10)16(23)22(21-9)13-7-12(18)14(8-11(13)17)27(24,25)26;13-10-6-8-12(9-7-10)15-14-11-4-2-1-3-5-11;;;;2*1-4(2)3/h3-8,21H,1H3,(H,24,25,26);2-9H,13H2;;;;;/q2*-1;3*+1;;/p-1. The molecule has 17 nitrogen and oxygen atoms in total. The van der Waals surface area contributed by atoms with Crippen LogP contribution < -0.4 is 100.0 Å². The third-order valence-electron chi connectivity index (χ3n) is 5.39. The molecule has 262 valence electrons. The predicted octanol–water partition coefficient (Wildman–Crippen LogP) is -3.61. The van der Waals surface area contributed by atoms with Gasteiger partial charge in [0.05, 0.1) is 32.0 Å². The van der Waals surface area contributed by atoms with Gasteiger partial charge >= 0.3 is 110 Å². The predicted molar refractivity (Wildman–Crippen MR) is 178 cm³/mol. The number of rotatable bonds is 6. The molecule has 0 aliphatic carbocycles. The molecule has 0 atom stereocenters. The number of H-pyrrole nitrogens is 1. The molecule has 0 saturated heterocycles. The number of halogens is 2. The second kappa shape index (κ2) is 26.4. The van der Waals surface area contributed by atoms with E-state index in [9.17, 15) is 17.8 Å². The maximum atomic E-state index is 12.6. The molecule has 0 spiro atoms. The molecule has 4 aromatic carbocycles. The van der Waals surface area contributed by atoms with Crippen LogP contribution in [0, 0.1) is 19.1 Å². The molecule has 3 N–H and O–H groups in total. The molecule has 0 radical (unpaired) electrons. The summed E-state index contributed by atoms with van der Waals surface area (Å²) in [7, 11) is -11.0. The minimum Gasteiger partial charge on any atom is -0.744 e. The maximum Gasteiger partial charge on any atom is 1.00 e. The van der Waals surface area contributed by atoms with Gasteiger partial charge in [0.1, 0.15) is 10.1 Å². The first-order chi connectivity index (χ1) is 23.5. The summed E-state index contributed by atoms with van der Waals surface area (Å²) in [5, 5.41) is 18.3. The number of benzene rings is 4. The molecule has 1 heterocycles. The molecule has 0 fully saturated rings. The Bertz CT molecular complexity index is 2350. The van der Waals surface area contributed by atoms with Crippen LogP contribution in [-0.4, -0.2) is 48.0 Å². The van der Waals surface area contributed by atoms with Crippen LogP contribution in [0.4, 0.5) is 28.4 Å². The minimum atomic E-state index is -4.81. The maximum absolute atomic E-state index is 12.6. The Morgan fingerprint density at radius 2 is 1.11 bits per heavy atom. The van der Waals surface area contributed by atoms with Gasteiger partial charge in [-0.05, 0) is 54.7 Å². The zero-order valence-electron chi connectivity index (χ0n) is 28.0. The fourth-order valence-electron chi connectivity index (χ4n) is 3.36. The van der Waals surface area contributed by atoms with Crippen molar-refractivity contribution in [3.63, 3.8) is 0 Å². The number of nitrogens with two attached hydrogens (primary N) is 1. The Balaban J connectivity index is 0. The monoisotopic (exact) mass is 849 g/mol. The van der Waals surface area contributed by atoms with E-state index in [-0.39, 0.29) is 110 Å². The van der Waals surface area contributed by atoms with Crippen LogP contribution in [0.25, 0.3) is 5.69 Å². The van der Waals surface area contributed by atoms with Crippen LogP contribution in [0.2, 0.25) is 10.0 Å². The summed E-state index contributed by atoms with van der Waals surface area (Å²) in [4.78, 5) is 12.0. The molecule has 0 aliphatic heterocycles. The zero-order chi connectivity index (χ0) is 37.4. The number of nitrogens with one attached hydrogen (secondary N) is 1. The van der Waals surface area contributed by atoms with E-state index in [4.69, 9.17) is 54.2 Å². The number of azo groups is 2. The van der Waals surface area contributed by atoms with Gasteiger partial charge in [-0.3, -0.25) is 9.89 Å². The van der Waals surface area contributed by atoms with Gasteiger partial charge in [0.15, 0.2) is 5.69 Å². The molecule has 5 rings (SSSR count). The summed E-state index contributed by atoms with van der Waals surface area (Å²) in [5.74, 6) is 0. The number of nitrogen functional groups attached to an aromatic ring is 1. The topological polar surface area (TPSA) is 273 Å². The summed E-state index contributed by atoms with van der Waals surface area (Å²) in [6.07, 6.45) is 0. The third kappa shape index (κ3) is 19.7. The van der Waals surface area contributed by atoms with Crippen molar-refractivity contribution < 1.29 is 127 Å². The molecule has 53 heavy (non-hydrogen) atoms. The van der Waals surface area contributed by atoms with Crippen molar-refractivity contribution in [1.82, 2.24) is 9.78 Å². The first kappa shape index (κ1) is 52.7. The van der Waals surface area contributed by atoms with E-state index in [0.29, 0.717) is 11.4 Å². The number of aromatic amines is 1. The Labute approximate surface area is 381 Å². The largest absolute Gasteiger partial charge is 1.00 e. The van der Waals surface area contributed by atoms with Crippen molar-refractivity contribution in [1.29, 1.82) is 0 Å². The summed E-state index contributed by atoms with van der Waals surface area (Å²) < 4.78 is 85.3. The number of nitrogens with zero attached hydrogens (tertiary/aromatic N) is 5. The summed E-state index contributed by atoms with van der Waals surface area (Å²) >= 11 is 11.9. The molecule has 1 aromatic heterocycles. The summed E-state index contributed by atoms with van der Waals surface area (Å²) in [6, 6.07) is 29.0. The Kier molecular flexibility index (Phi) is 26.3. The quantitative estimate of drug-likeness (QED) is 0.0554. The van der Waals surface area contributed by atoms with E-state index < -0.39 is 41.8 Å². The fourth-order valence-corrected chi connectivity index (χ4v) is 4.67. The molecule has 0 bridgehead atoms. The minimum absolute atomic E-state index is 0. The van der Waals surface area contributed by atoms with Crippen LogP contribution in [-0.2, 0) is 31.3 Å². The van der Waals surface area contributed by atoms with Gasteiger partial charge in [0.2, 0.25) is 0 Å². The number of aromatic nitrogens is 2. The van der Waals surface area contributed by atoms with Gasteiger partial charge in [-0.2, -0.15) is 51.7 Å². The van der Waals surface area contributed by atoms with E-state index in [0.717, 1.165) is 33.9 Å². The van der Waals surface area contributed by atoms with Gasteiger partial charge in [-0.25, -0.2) is 13.1 Å². The van der Waals surface area contributed by atoms with Crippen LogP contribution in [0.5, 0.6) is 0 Å². The molecular weight excluding hydrogens is 830 g/mol. The van der Waals surface area contributed by atoms with Crippen LogP contribution in [0.1, 0.15) is 5.69 Å². The van der Waals surface area contributed by atoms with Gasteiger partial charge in [-0.1, -0.05) is 23.2 Å². The van der Waals surface area contributed by atoms with Crippen LogP contribution in [0.3, 0.4) is 0 Å². The van der Waals surface area contributed by atoms with E-state index in [1.165, 1.54) is 0 Å². The average Bonchev–Trinajstić information content (AvgIpc) is 3.33. The van der Waals surface area contributed by atoms with Crippen LogP contribution in [0.15, 0.2) is 115 Å². The number of aryl methyl sites for hydroxylation is 1. The first-order valence-corrected chi connectivity index (χ1v) is 17.1. The molecule has 0 aliphatic rings. The molecule has 0 saturated carbocycles. The Morgan fingerprint density at radius 3 is 1.53 bits per heavy atom. The van der Waals surface area contributed by atoms with Crippen molar-refractivity contribution >= 4 is 83.0 Å². The van der Waals surface area contributed by atoms with Gasteiger partial charge in [0.25, 0.3) is 5.56 Å². The van der Waals surface area contributed by atoms with Gasteiger partial charge in [0, 0.05) is 5.69 Å². The van der Waals surface area contributed by atoms with Crippen LogP contribution >= 0.6 is 23.2 Å². The Hall–Kier alpha value is -2.38. The number of anilines is 1. The summed E-state index contributed by atoms with van der Waals surface area (Å²) in [6.45, 7) is 1.61. The zero-order valence-corrected chi connectivity index (χ0v) is 37.9.